The largest absolute Gasteiger partial charge is 0.456 e. The first-order valence-electron chi connectivity index (χ1n) is 17.7. The van der Waals surface area contributed by atoms with Crippen LogP contribution in [0.3, 0.4) is 0 Å². The number of rotatable bonds is 4. The molecule has 0 aliphatic heterocycles. The minimum absolute atomic E-state index is 0.915. The summed E-state index contributed by atoms with van der Waals surface area (Å²) in [5.41, 5.74) is 15.6. The third kappa shape index (κ3) is 4.31. The van der Waals surface area contributed by atoms with Crippen LogP contribution in [0, 0.1) is 0 Å². The van der Waals surface area contributed by atoms with Crippen molar-refractivity contribution in [3.8, 4) is 22.5 Å². The van der Waals surface area contributed by atoms with E-state index in [1.807, 2.05) is 0 Å². The summed E-state index contributed by atoms with van der Waals surface area (Å²) in [6.45, 7) is 0. The van der Waals surface area contributed by atoms with E-state index in [1.54, 1.807) is 0 Å². The molecular weight excluding hydrogens is 621 g/mol. The lowest BCUT2D eigenvalue weighted by Gasteiger charge is -2.18. The van der Waals surface area contributed by atoms with Crippen LogP contribution in [0.2, 0.25) is 0 Å². The molecule has 0 fully saturated rings. The number of fused-ring (bicyclic) bond motifs is 9. The summed E-state index contributed by atoms with van der Waals surface area (Å²) >= 11 is 0. The van der Waals surface area contributed by atoms with E-state index < -0.39 is 0 Å². The zero-order chi connectivity index (χ0) is 33.5. The molecule has 0 saturated heterocycles. The van der Waals surface area contributed by atoms with E-state index in [1.165, 1.54) is 77.6 Å². The van der Waals surface area contributed by atoms with E-state index in [0.717, 1.165) is 34.8 Å². The average molecular weight is 653 g/mol. The third-order valence-corrected chi connectivity index (χ3v) is 10.8. The van der Waals surface area contributed by atoms with Crippen molar-refractivity contribution in [1.29, 1.82) is 0 Å². The standard InChI is InChI=1S/C48H32N2O/c1-3-11-35(12-4-1)49-43-17-9-7-15-37(43)39-27-31(19-23-45(39)49)33-21-25-47-41(29-33)42-30-34(22-26-48(42)51-47)32-20-24-46-40(28-32)38-16-8-10-18-44(38)50(46)36-13-5-2-6-14-36/h1-19,21-23,25-30H,20,24H2. The summed E-state index contributed by atoms with van der Waals surface area (Å²) in [5.74, 6) is 0. The number of nitrogens with zero attached hydrogens (tertiary/aromatic N) is 2. The van der Waals surface area contributed by atoms with E-state index in [4.69, 9.17) is 4.42 Å². The molecule has 3 heterocycles. The summed E-state index contributed by atoms with van der Waals surface area (Å²) in [4.78, 5) is 0. The minimum atomic E-state index is 0.915. The highest BCUT2D eigenvalue weighted by Gasteiger charge is 2.22. The Morgan fingerprint density at radius 2 is 0.922 bits per heavy atom. The topological polar surface area (TPSA) is 23.0 Å². The van der Waals surface area contributed by atoms with Crippen molar-refractivity contribution >= 4 is 66.3 Å². The maximum absolute atomic E-state index is 6.41. The molecule has 0 saturated carbocycles. The number of hydrogen-bond acceptors (Lipinski definition) is 1. The first kappa shape index (κ1) is 28.3. The van der Waals surface area contributed by atoms with Gasteiger partial charge in [-0.15, -0.1) is 0 Å². The Labute approximate surface area is 294 Å². The highest BCUT2D eigenvalue weighted by molar-refractivity contribution is 6.12. The number of furan rings is 1. The van der Waals surface area contributed by atoms with Crippen LogP contribution in [-0.4, -0.2) is 9.13 Å². The van der Waals surface area contributed by atoms with Crippen LogP contribution in [0.15, 0.2) is 168 Å². The molecule has 1 aliphatic carbocycles. The average Bonchev–Trinajstić information content (AvgIpc) is 3.85. The normalized spacial score (nSPS) is 13.1. The second-order valence-electron chi connectivity index (χ2n) is 13.7. The van der Waals surface area contributed by atoms with Gasteiger partial charge in [-0.05, 0) is 114 Å². The van der Waals surface area contributed by atoms with Crippen molar-refractivity contribution in [3.05, 3.63) is 181 Å². The van der Waals surface area contributed by atoms with E-state index >= 15 is 0 Å². The van der Waals surface area contributed by atoms with Gasteiger partial charge >= 0.3 is 0 Å². The molecule has 1 aliphatic rings. The van der Waals surface area contributed by atoms with Gasteiger partial charge in [0.25, 0.3) is 0 Å². The van der Waals surface area contributed by atoms with Crippen LogP contribution in [0.4, 0.5) is 0 Å². The van der Waals surface area contributed by atoms with Gasteiger partial charge in [0.2, 0.25) is 0 Å². The Hall–Kier alpha value is -6.58. The second kappa shape index (κ2) is 11.0. The molecule has 0 radical (unpaired) electrons. The number of para-hydroxylation sites is 4. The summed E-state index contributed by atoms with van der Waals surface area (Å²) in [5, 5.41) is 6.12. The van der Waals surface area contributed by atoms with E-state index in [2.05, 4.69) is 179 Å². The monoisotopic (exact) mass is 652 g/mol. The quantitative estimate of drug-likeness (QED) is 0.186. The van der Waals surface area contributed by atoms with Gasteiger partial charge in [0.05, 0.1) is 16.6 Å². The number of hydrogen-bond donors (Lipinski definition) is 0. The maximum Gasteiger partial charge on any atom is 0.135 e. The van der Waals surface area contributed by atoms with Crippen molar-refractivity contribution < 1.29 is 4.42 Å². The van der Waals surface area contributed by atoms with Gasteiger partial charge in [-0.25, -0.2) is 0 Å². The molecule has 7 aromatic carbocycles. The first-order chi connectivity index (χ1) is 25.3. The summed E-state index contributed by atoms with van der Waals surface area (Å²) < 4.78 is 11.2. The molecular formula is C48H32N2O. The lowest BCUT2D eigenvalue weighted by molar-refractivity contribution is 0.669. The van der Waals surface area contributed by atoms with Gasteiger partial charge in [0.15, 0.2) is 0 Å². The van der Waals surface area contributed by atoms with Crippen molar-refractivity contribution in [2.45, 2.75) is 12.8 Å². The van der Waals surface area contributed by atoms with Crippen molar-refractivity contribution in [1.82, 2.24) is 9.13 Å². The molecule has 0 amide bonds. The fourth-order valence-electron chi connectivity index (χ4n) is 8.49. The van der Waals surface area contributed by atoms with Crippen LogP contribution in [0.5, 0.6) is 0 Å². The van der Waals surface area contributed by atoms with Gasteiger partial charge < -0.3 is 13.6 Å². The summed E-state index contributed by atoms with van der Waals surface area (Å²) in [6.07, 6.45) is 4.40. The highest BCUT2D eigenvalue weighted by atomic mass is 16.3. The molecule has 3 nitrogen and oxygen atoms in total. The molecule has 0 atom stereocenters. The lowest BCUT2D eigenvalue weighted by atomic mass is 9.90. The zero-order valence-corrected chi connectivity index (χ0v) is 27.9. The van der Waals surface area contributed by atoms with Crippen molar-refractivity contribution in [2.24, 2.45) is 0 Å². The second-order valence-corrected chi connectivity index (χ2v) is 13.7. The molecule has 3 heteroatoms. The Kier molecular flexibility index (Phi) is 6.08. The van der Waals surface area contributed by atoms with E-state index in [-0.39, 0.29) is 0 Å². The van der Waals surface area contributed by atoms with Crippen molar-refractivity contribution in [2.75, 3.05) is 0 Å². The molecule has 0 N–H and O–H groups in total. The minimum Gasteiger partial charge on any atom is -0.456 e. The van der Waals surface area contributed by atoms with Gasteiger partial charge in [-0.1, -0.05) is 91.0 Å². The number of benzene rings is 7. The Bertz CT molecular complexity index is 3010. The predicted octanol–water partition coefficient (Wildman–Crippen LogP) is 12.8. The fourth-order valence-corrected chi connectivity index (χ4v) is 8.49. The zero-order valence-electron chi connectivity index (χ0n) is 27.9. The fraction of sp³-hybridized carbons (Fsp3) is 0.0417. The van der Waals surface area contributed by atoms with Crippen LogP contribution in [0.1, 0.15) is 23.2 Å². The highest BCUT2D eigenvalue weighted by Crippen LogP contribution is 2.41. The Balaban J connectivity index is 1.03. The molecule has 0 unspecified atom stereocenters. The Morgan fingerprint density at radius 3 is 1.65 bits per heavy atom. The summed E-state index contributed by atoms with van der Waals surface area (Å²) in [7, 11) is 0. The molecule has 0 bridgehead atoms. The Morgan fingerprint density at radius 1 is 0.392 bits per heavy atom. The van der Waals surface area contributed by atoms with Crippen molar-refractivity contribution in [3.63, 3.8) is 0 Å². The van der Waals surface area contributed by atoms with Gasteiger partial charge in [-0.2, -0.15) is 0 Å². The first-order valence-corrected chi connectivity index (χ1v) is 17.7. The van der Waals surface area contributed by atoms with E-state index in [0.29, 0.717) is 0 Å². The van der Waals surface area contributed by atoms with Crippen LogP contribution in [0.25, 0.3) is 88.8 Å². The molecule has 240 valence electrons. The third-order valence-electron chi connectivity index (χ3n) is 10.8. The van der Waals surface area contributed by atoms with Crippen LogP contribution in [-0.2, 0) is 6.42 Å². The maximum atomic E-state index is 6.41. The lowest BCUT2D eigenvalue weighted by Crippen LogP contribution is -2.05. The van der Waals surface area contributed by atoms with Gasteiger partial charge in [-0.3, -0.25) is 0 Å². The predicted molar refractivity (Wildman–Crippen MR) is 213 cm³/mol. The number of allylic oxidation sites excluding steroid dienone is 1. The molecule has 11 rings (SSSR count). The SMILES string of the molecule is C1=C(c2ccc3oc4ccc(-c5ccc6c(c5)c5ccccc5n6-c5ccccc5)cc4c3c2)CCc2c1c1ccccc1n2-c1ccccc1. The molecule has 10 aromatic rings. The smallest absolute Gasteiger partial charge is 0.135 e. The molecule has 51 heavy (non-hydrogen) atoms. The van der Waals surface area contributed by atoms with E-state index in [9.17, 15) is 0 Å². The molecule has 3 aromatic heterocycles. The van der Waals surface area contributed by atoms with Crippen LogP contribution < -0.4 is 0 Å². The summed E-state index contributed by atoms with van der Waals surface area (Å²) in [6, 6.07) is 59.1. The van der Waals surface area contributed by atoms with Gasteiger partial charge in [0, 0.05) is 49.6 Å². The molecule has 0 spiro atoms. The number of aromatic nitrogens is 2. The van der Waals surface area contributed by atoms with Crippen LogP contribution >= 0.6 is 0 Å². The van der Waals surface area contributed by atoms with Gasteiger partial charge in [0.1, 0.15) is 11.2 Å².